The largest absolute Gasteiger partial charge is 0.293 e. The number of carbonyl (C=O) groups is 1. The Labute approximate surface area is 211 Å². The molecule has 4 nitrogen and oxygen atoms in total. The molecule has 4 heteroatoms. The average molecular weight is 474 g/mol. The molecular weight excluding hydrogens is 430 g/mol. The van der Waals surface area contributed by atoms with Crippen LogP contribution in [0.15, 0.2) is 29.3 Å². The van der Waals surface area contributed by atoms with Crippen LogP contribution < -0.4 is 4.90 Å². The van der Waals surface area contributed by atoms with Crippen LogP contribution >= 0.6 is 0 Å². The van der Waals surface area contributed by atoms with Crippen LogP contribution in [0.2, 0.25) is 0 Å². The van der Waals surface area contributed by atoms with Gasteiger partial charge >= 0.3 is 0 Å². The van der Waals surface area contributed by atoms with E-state index in [-0.39, 0.29) is 17.0 Å². The van der Waals surface area contributed by atoms with E-state index in [9.17, 15) is 4.79 Å². The molecule has 0 unspecified atom stereocenters. The number of piperidine rings is 1. The molecule has 188 valence electrons. The summed E-state index contributed by atoms with van der Waals surface area (Å²) in [5.74, 6) is 4.11. The van der Waals surface area contributed by atoms with E-state index in [2.05, 4.69) is 41.0 Å². The van der Waals surface area contributed by atoms with Gasteiger partial charge in [0.2, 0.25) is 5.91 Å². The maximum atomic E-state index is 14.6. The van der Waals surface area contributed by atoms with Crippen LogP contribution in [0.3, 0.4) is 0 Å². The van der Waals surface area contributed by atoms with Crippen molar-refractivity contribution in [3.05, 3.63) is 29.8 Å². The highest BCUT2D eigenvalue weighted by Gasteiger charge is 2.61. The lowest BCUT2D eigenvalue weighted by Crippen LogP contribution is -2.54. The second-order valence-corrected chi connectivity index (χ2v) is 13.3. The molecule has 0 radical (unpaired) electrons. The zero-order valence-corrected chi connectivity index (χ0v) is 21.7. The van der Waals surface area contributed by atoms with E-state index in [1.807, 2.05) is 0 Å². The number of hydrogen-bond donors (Lipinski definition) is 0. The molecule has 2 heterocycles. The summed E-state index contributed by atoms with van der Waals surface area (Å²) < 4.78 is 0. The van der Waals surface area contributed by atoms with Crippen molar-refractivity contribution in [2.75, 3.05) is 18.0 Å². The van der Waals surface area contributed by atoms with E-state index in [1.165, 1.54) is 82.6 Å². The molecule has 0 aromatic heterocycles. The van der Waals surface area contributed by atoms with Crippen molar-refractivity contribution in [2.24, 2.45) is 28.2 Å². The molecule has 7 fully saturated rings. The second-order valence-electron chi connectivity index (χ2n) is 13.3. The Hall–Kier alpha value is -1.68. The third-order valence-corrected chi connectivity index (χ3v) is 10.8. The van der Waals surface area contributed by atoms with Crippen molar-refractivity contribution in [3.8, 4) is 0 Å². The zero-order chi connectivity index (χ0) is 23.6. The van der Waals surface area contributed by atoms with E-state index in [0.717, 1.165) is 55.2 Å². The number of benzene rings is 1. The molecular formula is C31H43N3O. The normalized spacial score (nSPS) is 39.7. The maximum Gasteiger partial charge on any atom is 0.240 e. The number of anilines is 1. The third-order valence-electron chi connectivity index (χ3n) is 10.8. The van der Waals surface area contributed by atoms with E-state index < -0.39 is 0 Å². The van der Waals surface area contributed by atoms with Gasteiger partial charge in [-0.05, 0) is 114 Å². The fourth-order valence-electron chi connectivity index (χ4n) is 9.67. The standard InChI is InChI=1S/C31H43N3O/c1-22-8-10-26(11-9-22)34-28(32-30-19-23-16-24(20-30)18-25(17-23)21-30)27(33-14-6-3-7-15-33)31(29(34)35)12-4-2-5-13-31/h8-11,23-25,27H,2-7,12-21H2,1H3/t23?,24?,25?,27-,30?/m1/s1. The SMILES string of the molecule is Cc1ccc(N2C(=O)C3(CCCCC3)[C@H](N3CCCCC3)C2=NC23CC4CC(CC(C4)C2)C3)cc1. The maximum absolute atomic E-state index is 14.6. The molecule has 1 amide bonds. The number of nitrogens with zero attached hydrogens (tertiary/aromatic N) is 3. The topological polar surface area (TPSA) is 35.9 Å². The number of amidine groups is 1. The molecule has 0 N–H and O–H groups in total. The summed E-state index contributed by atoms with van der Waals surface area (Å²) in [4.78, 5) is 25.4. The highest BCUT2D eigenvalue weighted by Crippen LogP contribution is 2.58. The van der Waals surface area contributed by atoms with Crippen molar-refractivity contribution in [1.82, 2.24) is 4.90 Å². The first-order chi connectivity index (χ1) is 17.1. The summed E-state index contributed by atoms with van der Waals surface area (Å²) in [6, 6.07) is 8.87. The van der Waals surface area contributed by atoms with E-state index in [0.29, 0.717) is 5.91 Å². The fourth-order valence-corrected chi connectivity index (χ4v) is 9.67. The number of aliphatic imine (C=N–C) groups is 1. The van der Waals surface area contributed by atoms with Gasteiger partial charge in [0.25, 0.3) is 0 Å². The summed E-state index contributed by atoms with van der Waals surface area (Å²) in [6.07, 6.45) is 17.6. The summed E-state index contributed by atoms with van der Waals surface area (Å²) in [6.45, 7) is 4.39. The number of likely N-dealkylation sites (tertiary alicyclic amines) is 1. The third kappa shape index (κ3) is 3.64. The van der Waals surface area contributed by atoms with Crippen molar-refractivity contribution < 1.29 is 4.79 Å². The first-order valence-electron chi connectivity index (χ1n) is 14.8. The minimum absolute atomic E-state index is 0.0849. The molecule has 1 atom stereocenters. The Morgan fingerprint density at radius 2 is 1.37 bits per heavy atom. The van der Waals surface area contributed by atoms with Crippen LogP contribution in [0.25, 0.3) is 0 Å². The minimum Gasteiger partial charge on any atom is -0.293 e. The van der Waals surface area contributed by atoms with Gasteiger partial charge < -0.3 is 0 Å². The number of rotatable bonds is 3. The molecule has 2 saturated heterocycles. The smallest absolute Gasteiger partial charge is 0.240 e. The van der Waals surface area contributed by atoms with Gasteiger partial charge in [-0.1, -0.05) is 43.4 Å². The molecule has 8 rings (SSSR count). The van der Waals surface area contributed by atoms with Crippen LogP contribution in [0, 0.1) is 30.1 Å². The Kier molecular flexibility index (Phi) is 5.42. The number of amides is 1. The fraction of sp³-hybridized carbons (Fsp3) is 0.742. The van der Waals surface area contributed by atoms with Crippen LogP contribution in [0.5, 0.6) is 0 Å². The molecule has 5 saturated carbocycles. The van der Waals surface area contributed by atoms with Gasteiger partial charge in [-0.15, -0.1) is 0 Å². The van der Waals surface area contributed by atoms with Gasteiger partial charge in [-0.3, -0.25) is 19.6 Å². The van der Waals surface area contributed by atoms with Crippen molar-refractivity contribution >= 4 is 17.4 Å². The lowest BCUT2D eigenvalue weighted by atomic mass is 9.53. The molecule has 35 heavy (non-hydrogen) atoms. The van der Waals surface area contributed by atoms with Crippen molar-refractivity contribution in [1.29, 1.82) is 0 Å². The van der Waals surface area contributed by atoms with Gasteiger partial charge in [0.05, 0.1) is 22.7 Å². The number of hydrogen-bond acceptors (Lipinski definition) is 3. The van der Waals surface area contributed by atoms with Crippen LogP contribution in [-0.2, 0) is 4.79 Å². The Balaban J connectivity index is 1.38. The van der Waals surface area contributed by atoms with Crippen LogP contribution in [-0.4, -0.2) is 41.3 Å². The van der Waals surface area contributed by atoms with Crippen molar-refractivity contribution in [3.63, 3.8) is 0 Å². The molecule has 4 bridgehead atoms. The van der Waals surface area contributed by atoms with Crippen LogP contribution in [0.4, 0.5) is 5.69 Å². The highest BCUT2D eigenvalue weighted by atomic mass is 16.2. The average Bonchev–Trinajstić information content (AvgIpc) is 3.06. The van der Waals surface area contributed by atoms with Gasteiger partial charge in [0.15, 0.2) is 0 Å². The number of carbonyl (C=O) groups excluding carboxylic acids is 1. The minimum atomic E-state index is -0.276. The highest BCUT2D eigenvalue weighted by molar-refractivity contribution is 6.27. The zero-order valence-electron chi connectivity index (χ0n) is 21.7. The van der Waals surface area contributed by atoms with Gasteiger partial charge in [-0.2, -0.15) is 0 Å². The Bertz CT molecular complexity index is 963. The second kappa shape index (κ2) is 8.43. The summed E-state index contributed by atoms with van der Waals surface area (Å²) in [7, 11) is 0. The molecule has 1 aromatic carbocycles. The lowest BCUT2D eigenvalue weighted by molar-refractivity contribution is -0.130. The van der Waals surface area contributed by atoms with Gasteiger partial charge in [0.1, 0.15) is 5.84 Å². The Morgan fingerprint density at radius 3 is 1.97 bits per heavy atom. The van der Waals surface area contributed by atoms with E-state index >= 15 is 0 Å². The summed E-state index contributed by atoms with van der Waals surface area (Å²) in [5.41, 5.74) is 2.11. The van der Waals surface area contributed by atoms with E-state index in [4.69, 9.17) is 4.99 Å². The molecule has 1 aromatic rings. The predicted molar refractivity (Wildman–Crippen MR) is 142 cm³/mol. The molecule has 2 aliphatic heterocycles. The molecule has 1 spiro atoms. The first kappa shape index (κ1) is 22.5. The van der Waals surface area contributed by atoms with Gasteiger partial charge in [-0.25, -0.2) is 0 Å². The quantitative estimate of drug-likeness (QED) is 0.501. The lowest BCUT2D eigenvalue weighted by Gasteiger charge is -2.55. The predicted octanol–water partition coefficient (Wildman–Crippen LogP) is 6.51. The monoisotopic (exact) mass is 473 g/mol. The van der Waals surface area contributed by atoms with Crippen molar-refractivity contribution in [2.45, 2.75) is 108 Å². The van der Waals surface area contributed by atoms with Gasteiger partial charge in [0, 0.05) is 0 Å². The Morgan fingerprint density at radius 1 is 0.800 bits per heavy atom. The van der Waals surface area contributed by atoms with E-state index in [1.54, 1.807) is 0 Å². The summed E-state index contributed by atoms with van der Waals surface area (Å²) >= 11 is 0. The first-order valence-corrected chi connectivity index (χ1v) is 14.8. The molecule has 5 aliphatic carbocycles. The molecule has 7 aliphatic rings. The summed E-state index contributed by atoms with van der Waals surface area (Å²) in [5, 5.41) is 0. The number of aryl methyl sites for hydroxylation is 1. The van der Waals surface area contributed by atoms with Crippen LogP contribution in [0.1, 0.15) is 95.5 Å².